The molecule has 0 radical (unpaired) electrons. The van der Waals surface area contributed by atoms with Gasteiger partial charge in [0.15, 0.2) is 0 Å². The lowest BCUT2D eigenvalue weighted by molar-refractivity contribution is 0.0938. The summed E-state index contributed by atoms with van der Waals surface area (Å²) in [5.74, 6) is -0.129. The fourth-order valence-electron chi connectivity index (χ4n) is 2.25. The van der Waals surface area contributed by atoms with Gasteiger partial charge < -0.3 is 16.4 Å². The second-order valence-corrected chi connectivity index (χ2v) is 5.47. The Labute approximate surface area is 135 Å². The van der Waals surface area contributed by atoms with E-state index in [-0.39, 0.29) is 11.9 Å². The first-order valence-corrected chi connectivity index (χ1v) is 7.56. The van der Waals surface area contributed by atoms with Gasteiger partial charge in [-0.15, -0.1) is 0 Å². The summed E-state index contributed by atoms with van der Waals surface area (Å²) in [4.78, 5) is 22.9. The van der Waals surface area contributed by atoms with E-state index in [1.807, 2.05) is 25.1 Å². The minimum absolute atomic E-state index is 0.0751. The number of aryl methyl sites for hydroxylation is 1. The normalized spacial score (nSPS) is 11.5. The third kappa shape index (κ3) is 5.47. The Balaban J connectivity index is 1.84. The van der Waals surface area contributed by atoms with Crippen LogP contribution in [0.15, 0.2) is 54.6 Å². The summed E-state index contributed by atoms with van der Waals surface area (Å²) in [7, 11) is 0. The molecule has 0 fully saturated rings. The maximum atomic E-state index is 12.2. The van der Waals surface area contributed by atoms with Crippen molar-refractivity contribution in [3.8, 4) is 0 Å². The molecule has 23 heavy (non-hydrogen) atoms. The zero-order chi connectivity index (χ0) is 16.7. The summed E-state index contributed by atoms with van der Waals surface area (Å²) in [6, 6.07) is 16.2. The van der Waals surface area contributed by atoms with Crippen LogP contribution in [0.5, 0.6) is 0 Å². The maximum Gasteiger partial charge on any atom is 0.316 e. The Hall–Kier alpha value is -2.82. The molecule has 3 amide bonds. The molecule has 0 heterocycles. The fraction of sp³-hybridized carbons (Fsp3) is 0.222. The highest BCUT2D eigenvalue weighted by Crippen LogP contribution is 2.10. The van der Waals surface area contributed by atoms with Crippen molar-refractivity contribution in [2.24, 2.45) is 5.73 Å². The van der Waals surface area contributed by atoms with Gasteiger partial charge in [0.05, 0.1) is 0 Å². The van der Waals surface area contributed by atoms with Crippen LogP contribution in [0.25, 0.3) is 0 Å². The number of amides is 3. The molecule has 0 unspecified atom stereocenters. The summed E-state index contributed by atoms with van der Waals surface area (Å²) in [6.45, 7) is 1.99. The number of hydrogen-bond donors (Lipinski definition) is 3. The number of primary amides is 1. The molecule has 2 aromatic rings. The van der Waals surface area contributed by atoms with Crippen molar-refractivity contribution in [1.82, 2.24) is 5.32 Å². The molecule has 2 aromatic carbocycles. The Bertz CT molecular complexity index is 654. The maximum absolute atomic E-state index is 12.2. The van der Waals surface area contributed by atoms with Crippen LogP contribution in [0.1, 0.15) is 29.3 Å². The van der Waals surface area contributed by atoms with Crippen molar-refractivity contribution < 1.29 is 9.59 Å². The van der Waals surface area contributed by atoms with Gasteiger partial charge in [-0.3, -0.25) is 4.79 Å². The molecule has 0 saturated carbocycles. The number of carbonyl (C=O) groups excluding carboxylic acids is 2. The van der Waals surface area contributed by atoms with Crippen molar-refractivity contribution >= 4 is 17.6 Å². The first-order chi connectivity index (χ1) is 11.0. The second kappa shape index (κ2) is 7.98. The molecule has 0 spiro atoms. The van der Waals surface area contributed by atoms with Crippen molar-refractivity contribution in [2.75, 3.05) is 5.32 Å². The predicted octanol–water partition coefficient (Wildman–Crippen LogP) is 2.93. The zero-order valence-corrected chi connectivity index (χ0v) is 13.1. The van der Waals surface area contributed by atoms with Gasteiger partial charge in [0.2, 0.25) is 0 Å². The minimum Gasteiger partial charge on any atom is -0.351 e. The van der Waals surface area contributed by atoms with E-state index in [0.29, 0.717) is 11.3 Å². The zero-order valence-electron chi connectivity index (χ0n) is 13.1. The van der Waals surface area contributed by atoms with Gasteiger partial charge in [-0.25, -0.2) is 4.79 Å². The average molecular weight is 311 g/mol. The Morgan fingerprint density at radius 1 is 1.04 bits per heavy atom. The quantitative estimate of drug-likeness (QED) is 0.766. The van der Waals surface area contributed by atoms with Crippen LogP contribution in [-0.2, 0) is 6.42 Å². The molecule has 4 N–H and O–H groups in total. The molecular weight excluding hydrogens is 290 g/mol. The summed E-state index contributed by atoms with van der Waals surface area (Å²) in [6.07, 6.45) is 1.79. The summed E-state index contributed by atoms with van der Waals surface area (Å²) in [5.41, 5.74) is 7.41. The topological polar surface area (TPSA) is 84.2 Å². The lowest BCUT2D eigenvalue weighted by Gasteiger charge is -2.14. The van der Waals surface area contributed by atoms with Crippen molar-refractivity contribution in [3.63, 3.8) is 0 Å². The van der Waals surface area contributed by atoms with Crippen LogP contribution >= 0.6 is 0 Å². The van der Waals surface area contributed by atoms with Gasteiger partial charge in [-0.1, -0.05) is 30.3 Å². The van der Waals surface area contributed by atoms with E-state index in [2.05, 4.69) is 22.8 Å². The SMILES string of the molecule is C[C@H](CCc1ccccc1)NC(=O)c1ccc(NC(N)=O)cc1. The Morgan fingerprint density at radius 3 is 2.30 bits per heavy atom. The largest absolute Gasteiger partial charge is 0.351 e. The lowest BCUT2D eigenvalue weighted by atomic mass is 10.1. The van der Waals surface area contributed by atoms with Gasteiger partial charge in [0, 0.05) is 17.3 Å². The molecule has 0 aliphatic carbocycles. The van der Waals surface area contributed by atoms with E-state index in [1.165, 1.54) is 5.56 Å². The number of hydrogen-bond acceptors (Lipinski definition) is 2. The number of urea groups is 1. The van der Waals surface area contributed by atoms with Gasteiger partial charge in [-0.2, -0.15) is 0 Å². The molecule has 5 heteroatoms. The van der Waals surface area contributed by atoms with Gasteiger partial charge in [-0.05, 0) is 49.6 Å². The Kier molecular flexibility index (Phi) is 5.74. The van der Waals surface area contributed by atoms with Crippen LogP contribution in [0, 0.1) is 0 Å². The number of nitrogens with two attached hydrogens (primary N) is 1. The van der Waals surface area contributed by atoms with E-state index < -0.39 is 6.03 Å². The molecule has 0 aromatic heterocycles. The summed E-state index contributed by atoms with van der Waals surface area (Å²) in [5, 5.41) is 5.43. The molecule has 0 saturated heterocycles. The first-order valence-electron chi connectivity index (χ1n) is 7.56. The van der Waals surface area contributed by atoms with Crippen LogP contribution in [0.2, 0.25) is 0 Å². The number of rotatable bonds is 6. The summed E-state index contributed by atoms with van der Waals surface area (Å²) < 4.78 is 0. The molecule has 2 rings (SSSR count). The first kappa shape index (κ1) is 16.5. The summed E-state index contributed by atoms with van der Waals surface area (Å²) >= 11 is 0. The van der Waals surface area contributed by atoms with E-state index >= 15 is 0 Å². The highest BCUT2D eigenvalue weighted by molar-refractivity contribution is 5.95. The minimum atomic E-state index is -0.628. The molecular formula is C18H21N3O2. The monoisotopic (exact) mass is 311 g/mol. The van der Waals surface area contributed by atoms with E-state index in [0.717, 1.165) is 12.8 Å². The van der Waals surface area contributed by atoms with Crippen molar-refractivity contribution in [3.05, 3.63) is 65.7 Å². The highest BCUT2D eigenvalue weighted by Gasteiger charge is 2.10. The molecule has 0 aliphatic heterocycles. The molecule has 0 aliphatic rings. The average Bonchev–Trinajstić information content (AvgIpc) is 2.54. The van der Waals surface area contributed by atoms with Gasteiger partial charge >= 0.3 is 6.03 Å². The van der Waals surface area contributed by atoms with E-state index in [1.54, 1.807) is 24.3 Å². The number of benzene rings is 2. The molecule has 0 bridgehead atoms. The van der Waals surface area contributed by atoms with Crippen LogP contribution < -0.4 is 16.4 Å². The molecule has 120 valence electrons. The third-order valence-electron chi connectivity index (χ3n) is 3.50. The smallest absolute Gasteiger partial charge is 0.316 e. The second-order valence-electron chi connectivity index (χ2n) is 5.47. The van der Waals surface area contributed by atoms with E-state index in [9.17, 15) is 9.59 Å². The fourth-order valence-corrected chi connectivity index (χ4v) is 2.25. The van der Waals surface area contributed by atoms with Crippen LogP contribution in [0.4, 0.5) is 10.5 Å². The number of anilines is 1. The lowest BCUT2D eigenvalue weighted by Crippen LogP contribution is -2.32. The van der Waals surface area contributed by atoms with Gasteiger partial charge in [0.1, 0.15) is 0 Å². The third-order valence-corrected chi connectivity index (χ3v) is 3.50. The highest BCUT2D eigenvalue weighted by atomic mass is 16.2. The molecule has 5 nitrogen and oxygen atoms in total. The van der Waals surface area contributed by atoms with E-state index in [4.69, 9.17) is 5.73 Å². The Morgan fingerprint density at radius 2 is 1.70 bits per heavy atom. The number of carbonyl (C=O) groups is 2. The molecule has 1 atom stereocenters. The predicted molar refractivity (Wildman–Crippen MR) is 91.3 cm³/mol. The van der Waals surface area contributed by atoms with Gasteiger partial charge in [0.25, 0.3) is 5.91 Å². The van der Waals surface area contributed by atoms with Crippen LogP contribution in [-0.4, -0.2) is 18.0 Å². The number of nitrogens with one attached hydrogen (secondary N) is 2. The van der Waals surface area contributed by atoms with Crippen LogP contribution in [0.3, 0.4) is 0 Å². The van der Waals surface area contributed by atoms with Crippen molar-refractivity contribution in [2.45, 2.75) is 25.8 Å². The van der Waals surface area contributed by atoms with Crippen molar-refractivity contribution in [1.29, 1.82) is 0 Å². The standard InChI is InChI=1S/C18H21N3O2/c1-13(7-8-14-5-3-2-4-6-14)20-17(22)15-9-11-16(12-10-15)21-18(19)23/h2-6,9-13H,7-8H2,1H3,(H,20,22)(H3,19,21,23)/t13-/m1/s1.